The van der Waals surface area contributed by atoms with E-state index in [1.807, 2.05) is 43.6 Å². The highest BCUT2D eigenvalue weighted by molar-refractivity contribution is 5.88. The lowest BCUT2D eigenvalue weighted by Gasteiger charge is -2.35. The van der Waals surface area contributed by atoms with Gasteiger partial charge in [-0.2, -0.15) is 0 Å². The Bertz CT molecular complexity index is 2280. The van der Waals surface area contributed by atoms with Gasteiger partial charge in [0, 0.05) is 30.4 Å². The topological polar surface area (TPSA) is 177 Å². The average Bonchev–Trinajstić information content (AvgIpc) is 3.89. The van der Waals surface area contributed by atoms with Crippen LogP contribution in [0.2, 0.25) is 0 Å². The number of hydrogen-bond donors (Lipinski definition) is 4. The molecule has 2 aromatic heterocycles. The van der Waals surface area contributed by atoms with Crippen molar-refractivity contribution in [3.63, 3.8) is 0 Å². The number of likely N-dealkylation sites (N-methyl/N-ethyl adjacent to an activating group) is 1. The molecule has 2 saturated heterocycles. The number of hydrogen-bond acceptors (Lipinski definition) is 7. The van der Waals surface area contributed by atoms with Crippen molar-refractivity contribution in [2.24, 2.45) is 23.7 Å². The third kappa shape index (κ3) is 6.41. The summed E-state index contributed by atoms with van der Waals surface area (Å²) >= 11 is 0. The summed E-state index contributed by atoms with van der Waals surface area (Å²) in [5, 5.41) is 12.5. The summed E-state index contributed by atoms with van der Waals surface area (Å²) in [6.45, 7) is 7.65. The van der Waals surface area contributed by atoms with Crippen LogP contribution < -0.4 is 5.32 Å². The molecule has 4 aromatic rings. The van der Waals surface area contributed by atoms with Gasteiger partial charge in [-0.15, -0.1) is 0 Å². The number of likely N-dealkylation sites (tertiary alicyclic amines) is 2. The van der Waals surface area contributed by atoms with Crippen LogP contribution in [0.25, 0.3) is 33.4 Å². The monoisotopic (exact) mass is 776 g/mol. The number of carbonyl (C=O) groups excluding carboxylic acids is 3. The van der Waals surface area contributed by atoms with Crippen LogP contribution in [-0.4, -0.2) is 102 Å². The fourth-order valence-corrected chi connectivity index (χ4v) is 10.1. The van der Waals surface area contributed by atoms with Crippen molar-refractivity contribution in [1.82, 2.24) is 40.0 Å². The van der Waals surface area contributed by atoms with Crippen LogP contribution in [0.5, 0.6) is 0 Å². The van der Waals surface area contributed by atoms with Gasteiger partial charge < -0.3 is 34.9 Å². The average molecular weight is 777 g/mol. The third-order valence-electron chi connectivity index (χ3n) is 13.2. The number of amides is 4. The van der Waals surface area contributed by atoms with Crippen molar-refractivity contribution in [3.8, 4) is 22.4 Å². The summed E-state index contributed by atoms with van der Waals surface area (Å²) in [6.07, 6.45) is 4.58. The number of H-pyrrole nitrogens is 2. The van der Waals surface area contributed by atoms with Gasteiger partial charge in [-0.05, 0) is 97.4 Å². The van der Waals surface area contributed by atoms with Crippen LogP contribution in [0.15, 0.2) is 36.4 Å². The van der Waals surface area contributed by atoms with E-state index in [4.69, 9.17) is 14.7 Å². The zero-order valence-electron chi connectivity index (χ0n) is 33.4. The Labute approximate surface area is 331 Å². The number of alkyl carbamates (subject to hydrolysis) is 1. The Morgan fingerprint density at radius 2 is 1.49 bits per heavy atom. The minimum Gasteiger partial charge on any atom is -0.465 e. The third-order valence-corrected chi connectivity index (χ3v) is 13.2. The van der Waals surface area contributed by atoms with Gasteiger partial charge in [-0.25, -0.2) is 19.6 Å². The Hall–Kier alpha value is -5.40. The molecule has 4 amide bonds. The van der Waals surface area contributed by atoms with E-state index in [1.54, 1.807) is 0 Å². The number of nitrogens with zero attached hydrogens (tertiary/aromatic N) is 5. The second-order valence-electron chi connectivity index (χ2n) is 17.6. The number of aromatic amines is 2. The van der Waals surface area contributed by atoms with Crippen molar-refractivity contribution in [1.29, 1.82) is 0 Å². The quantitative estimate of drug-likeness (QED) is 0.150. The lowest BCUT2D eigenvalue weighted by atomic mass is 9.96. The molecular weight excluding hydrogens is 725 g/mol. The Balaban J connectivity index is 0.969. The van der Waals surface area contributed by atoms with Crippen LogP contribution in [0, 0.1) is 23.7 Å². The minimum absolute atomic E-state index is 0.0993. The summed E-state index contributed by atoms with van der Waals surface area (Å²) in [6, 6.07) is 11.3. The summed E-state index contributed by atoms with van der Waals surface area (Å²) < 4.78 is 4.82. The van der Waals surface area contributed by atoms with E-state index in [9.17, 15) is 24.3 Å². The van der Waals surface area contributed by atoms with Crippen LogP contribution >= 0.6 is 0 Å². The van der Waals surface area contributed by atoms with Crippen molar-refractivity contribution >= 4 is 35.0 Å². The van der Waals surface area contributed by atoms with E-state index >= 15 is 0 Å². The van der Waals surface area contributed by atoms with Crippen molar-refractivity contribution < 1.29 is 29.0 Å². The molecule has 57 heavy (non-hydrogen) atoms. The van der Waals surface area contributed by atoms with E-state index in [0.717, 1.165) is 101 Å². The first-order chi connectivity index (χ1) is 27.3. The van der Waals surface area contributed by atoms with Gasteiger partial charge in [0.15, 0.2) is 0 Å². The minimum atomic E-state index is -1.10. The number of aromatic nitrogens is 4. The highest BCUT2D eigenvalue weighted by atomic mass is 16.5. The zero-order chi connectivity index (χ0) is 40.0. The molecule has 14 nitrogen and oxygen atoms in total. The molecule has 2 aliphatic heterocycles. The largest absolute Gasteiger partial charge is 0.465 e. The predicted molar refractivity (Wildman–Crippen MR) is 212 cm³/mol. The molecule has 2 saturated carbocycles. The van der Waals surface area contributed by atoms with Gasteiger partial charge in [-0.1, -0.05) is 52.0 Å². The van der Waals surface area contributed by atoms with Crippen LogP contribution in [0.4, 0.5) is 9.59 Å². The number of carboxylic acid groups (broad SMARTS) is 1. The first-order valence-electron chi connectivity index (χ1n) is 20.5. The van der Waals surface area contributed by atoms with E-state index in [2.05, 4.69) is 45.6 Å². The molecule has 4 N–H and O–H groups in total. The number of piperidine rings is 2. The fraction of sp³-hybridized carbons (Fsp3) is 0.535. The fourth-order valence-electron chi connectivity index (χ4n) is 10.1. The zero-order valence-corrected chi connectivity index (χ0v) is 33.4. The van der Waals surface area contributed by atoms with Gasteiger partial charge in [0.2, 0.25) is 11.8 Å². The molecule has 14 heteroatoms. The highest BCUT2D eigenvalue weighted by Crippen LogP contribution is 2.55. The molecule has 3 aliphatic carbocycles. The molecule has 300 valence electrons. The SMILES string of the molecule is COC(=O)N[C@H](C(=O)N1[C@@H]2C[C@@H]2C[C@H]1c1nc2ccc(-c3ccc4c(c3)CCCc3[nH]c([C@@H]5C[C@H]6C[C@H]6N5C(=O)[C@H](C(C)C)N(C)C(=O)O)nc3-4)cc2[nH]1)C(C)C. The second kappa shape index (κ2) is 13.9. The maximum Gasteiger partial charge on any atom is 0.407 e. The number of fused-ring (bicyclic) bond motifs is 6. The first-order valence-corrected chi connectivity index (χ1v) is 20.5. The summed E-state index contributed by atoms with van der Waals surface area (Å²) in [5.74, 6) is 1.90. The van der Waals surface area contributed by atoms with Crippen molar-refractivity contribution in [2.75, 3.05) is 14.2 Å². The molecule has 9 rings (SSSR count). The standard InChI is InChI=1S/C43H52N8O6/c1-20(2)35(48-42(54)57-6)40(52)50-31-16-25(31)18-33(50)38-44-28-13-11-23(15-30(28)46-38)22-10-12-27-24(14-22)8-7-9-29-36(27)47-39(45-29)34-19-26-17-32(26)51(34)41(53)37(21(3)4)49(5)43(55)56/h10-15,20-21,25-26,31-35,37H,7-9,16-19H2,1-6H3,(H,44,46)(H,45,47)(H,48,54)(H,55,56)/t25-,26-,31-,32-,33+,34+,35+,37+/m1/s1. The normalized spacial score (nSPS) is 25.3. The predicted octanol–water partition coefficient (Wildman–Crippen LogP) is 6.45. The first kappa shape index (κ1) is 37.2. The van der Waals surface area contributed by atoms with Crippen molar-refractivity contribution in [3.05, 3.63) is 59.3 Å². The molecule has 0 bridgehead atoms. The number of imidazole rings is 2. The number of nitrogens with one attached hydrogen (secondary N) is 3. The number of methoxy groups -OCH3 is 1. The molecule has 4 fully saturated rings. The maximum absolute atomic E-state index is 14.1. The number of benzene rings is 2. The smallest absolute Gasteiger partial charge is 0.407 e. The maximum atomic E-state index is 14.1. The molecule has 2 aromatic carbocycles. The molecule has 0 unspecified atom stereocenters. The lowest BCUT2D eigenvalue weighted by Crippen LogP contribution is -2.52. The van der Waals surface area contributed by atoms with Crippen LogP contribution in [-0.2, 0) is 27.2 Å². The van der Waals surface area contributed by atoms with Gasteiger partial charge in [0.05, 0.1) is 35.9 Å². The second-order valence-corrected chi connectivity index (χ2v) is 17.6. The molecule has 5 aliphatic rings. The van der Waals surface area contributed by atoms with Crippen LogP contribution in [0.1, 0.15) is 94.8 Å². The number of rotatable bonds is 9. The highest BCUT2D eigenvalue weighted by Gasteiger charge is 2.58. The molecule has 4 heterocycles. The van der Waals surface area contributed by atoms with Crippen molar-refractivity contribution in [2.45, 2.75) is 109 Å². The van der Waals surface area contributed by atoms with Gasteiger partial charge in [-0.3, -0.25) is 14.5 Å². The van der Waals surface area contributed by atoms with Crippen LogP contribution in [0.3, 0.4) is 0 Å². The number of carbonyl (C=O) groups is 4. The lowest BCUT2D eigenvalue weighted by molar-refractivity contribution is -0.140. The Morgan fingerprint density at radius 3 is 2.14 bits per heavy atom. The Kier molecular flexibility index (Phi) is 9.08. The molecule has 8 atom stereocenters. The molecular formula is C43H52N8O6. The van der Waals surface area contributed by atoms with E-state index < -0.39 is 24.3 Å². The summed E-state index contributed by atoms with van der Waals surface area (Å²) in [4.78, 5) is 74.4. The number of ether oxygens (including phenoxy) is 1. The van der Waals surface area contributed by atoms with E-state index in [-0.39, 0.29) is 47.8 Å². The summed E-state index contributed by atoms with van der Waals surface area (Å²) in [7, 11) is 2.79. The molecule has 0 spiro atoms. The van der Waals surface area contributed by atoms with E-state index in [0.29, 0.717) is 11.8 Å². The summed E-state index contributed by atoms with van der Waals surface area (Å²) in [5.41, 5.74) is 8.22. The van der Waals surface area contributed by atoms with Gasteiger partial charge >= 0.3 is 12.2 Å². The number of aryl methyl sites for hydroxylation is 2. The van der Waals surface area contributed by atoms with Gasteiger partial charge in [0.1, 0.15) is 23.7 Å². The molecule has 0 radical (unpaired) electrons. The van der Waals surface area contributed by atoms with E-state index in [1.165, 1.54) is 19.7 Å². The Morgan fingerprint density at radius 1 is 0.842 bits per heavy atom. The van der Waals surface area contributed by atoms with Gasteiger partial charge in [0.25, 0.3) is 0 Å².